The Hall–Kier alpha value is -3.47. The average molecular weight is 491 g/mol. The van der Waals surface area contributed by atoms with Gasteiger partial charge in [0.25, 0.3) is 5.92 Å². The van der Waals surface area contributed by atoms with Gasteiger partial charge >= 0.3 is 0 Å². The first-order valence-electron chi connectivity index (χ1n) is 12.6. The van der Waals surface area contributed by atoms with Crippen molar-refractivity contribution in [3.63, 3.8) is 0 Å². The average Bonchev–Trinajstić information content (AvgIpc) is 3.61. The fourth-order valence-electron chi connectivity index (χ4n) is 6.57. The second kappa shape index (κ2) is 8.29. The van der Waals surface area contributed by atoms with Crippen LogP contribution in [0.2, 0.25) is 0 Å². The number of nitrogens with zero attached hydrogens (tertiary/aromatic N) is 4. The molecular weight excluding hydrogens is 462 g/mol. The number of para-hydroxylation sites is 2. The van der Waals surface area contributed by atoms with Gasteiger partial charge in [-0.2, -0.15) is 5.26 Å². The van der Waals surface area contributed by atoms with Gasteiger partial charge in [0.15, 0.2) is 0 Å². The Labute approximate surface area is 208 Å². The van der Waals surface area contributed by atoms with Gasteiger partial charge in [0.1, 0.15) is 5.75 Å². The van der Waals surface area contributed by atoms with Gasteiger partial charge < -0.3 is 14.2 Å². The molecule has 2 saturated carbocycles. The van der Waals surface area contributed by atoms with Crippen LogP contribution >= 0.6 is 0 Å². The molecule has 0 bridgehead atoms. The topological polar surface area (TPSA) is 71.2 Å². The molecule has 0 radical (unpaired) electrons. The number of ether oxygens (including phenoxy) is 1. The van der Waals surface area contributed by atoms with Crippen molar-refractivity contribution in [2.45, 2.75) is 45.1 Å². The summed E-state index contributed by atoms with van der Waals surface area (Å²) in [5.74, 6) is -2.91. The zero-order valence-corrected chi connectivity index (χ0v) is 20.2. The molecule has 1 aromatic heterocycles. The second-order valence-corrected chi connectivity index (χ2v) is 10.5. The molecule has 1 aliphatic heterocycles. The zero-order chi connectivity index (χ0) is 25.1. The first-order chi connectivity index (χ1) is 17.3. The maximum Gasteiger partial charge on any atom is 0.252 e. The van der Waals surface area contributed by atoms with E-state index in [1.165, 1.54) is 0 Å². The van der Waals surface area contributed by atoms with E-state index < -0.39 is 11.8 Å². The number of imidazole rings is 1. The Morgan fingerprint density at radius 3 is 2.86 bits per heavy atom. The molecular formula is C28H28F2N4O2. The third-order valence-corrected chi connectivity index (χ3v) is 8.46. The molecule has 3 aliphatic rings. The van der Waals surface area contributed by atoms with E-state index in [0.29, 0.717) is 48.3 Å². The van der Waals surface area contributed by atoms with Crippen molar-refractivity contribution < 1.29 is 18.3 Å². The highest BCUT2D eigenvalue weighted by atomic mass is 19.3. The summed E-state index contributed by atoms with van der Waals surface area (Å²) >= 11 is 0. The number of fused-ring (bicyclic) bond motifs is 3. The third-order valence-electron chi connectivity index (χ3n) is 8.46. The zero-order valence-electron chi connectivity index (χ0n) is 20.2. The fourth-order valence-corrected chi connectivity index (χ4v) is 6.57. The maximum absolute atomic E-state index is 15.4. The molecule has 2 aliphatic carbocycles. The molecule has 186 valence electrons. The van der Waals surface area contributed by atoms with Crippen molar-refractivity contribution in [3.8, 4) is 11.8 Å². The molecule has 2 aromatic carbocycles. The lowest BCUT2D eigenvalue weighted by Gasteiger charge is -2.49. The van der Waals surface area contributed by atoms with Crippen molar-refractivity contribution in [2.24, 2.45) is 23.2 Å². The number of rotatable bonds is 5. The number of piperidine rings is 1. The predicted molar refractivity (Wildman–Crippen MR) is 131 cm³/mol. The molecule has 36 heavy (non-hydrogen) atoms. The van der Waals surface area contributed by atoms with Crippen LogP contribution in [0.5, 0.6) is 5.75 Å². The molecule has 0 N–H and O–H groups in total. The number of amides is 1. The molecule has 1 amide bonds. The monoisotopic (exact) mass is 490 g/mol. The molecule has 6 nitrogen and oxygen atoms in total. The van der Waals surface area contributed by atoms with Crippen LogP contribution in [0.4, 0.5) is 14.5 Å². The molecule has 3 fully saturated rings. The highest BCUT2D eigenvalue weighted by molar-refractivity contribution is 5.99. The first kappa shape index (κ1) is 23.0. The minimum absolute atomic E-state index is 0.0799. The third kappa shape index (κ3) is 3.64. The lowest BCUT2D eigenvalue weighted by atomic mass is 9.63. The number of carbonyl (C=O) groups excluding carboxylic acids is 1. The van der Waals surface area contributed by atoms with Crippen molar-refractivity contribution in [1.29, 1.82) is 5.26 Å². The van der Waals surface area contributed by atoms with Crippen LogP contribution in [-0.2, 0) is 11.3 Å². The molecule has 4 unspecified atom stereocenters. The van der Waals surface area contributed by atoms with E-state index in [1.807, 2.05) is 31.2 Å². The van der Waals surface area contributed by atoms with Gasteiger partial charge in [-0.3, -0.25) is 4.79 Å². The second-order valence-electron chi connectivity index (χ2n) is 10.5. The van der Waals surface area contributed by atoms with Crippen LogP contribution in [0.25, 0.3) is 11.0 Å². The molecule has 4 atom stereocenters. The molecule has 2 heterocycles. The summed E-state index contributed by atoms with van der Waals surface area (Å²) in [6.07, 6.45) is 2.93. The number of aromatic nitrogens is 2. The molecule has 6 rings (SSSR count). The van der Waals surface area contributed by atoms with Gasteiger partial charge in [-0.25, -0.2) is 13.8 Å². The summed E-state index contributed by atoms with van der Waals surface area (Å²) < 4.78 is 38.3. The number of hydrogen-bond acceptors (Lipinski definition) is 4. The van der Waals surface area contributed by atoms with E-state index in [0.717, 1.165) is 12.1 Å². The van der Waals surface area contributed by atoms with Gasteiger partial charge in [0, 0.05) is 31.3 Å². The van der Waals surface area contributed by atoms with Gasteiger partial charge in [0.05, 0.1) is 41.3 Å². The summed E-state index contributed by atoms with van der Waals surface area (Å²) in [4.78, 5) is 19.5. The van der Waals surface area contributed by atoms with E-state index in [9.17, 15) is 10.1 Å². The molecule has 8 heteroatoms. The normalized spacial score (nSPS) is 28.7. The van der Waals surface area contributed by atoms with Gasteiger partial charge in [-0.05, 0) is 67.9 Å². The number of nitriles is 1. The lowest BCUT2D eigenvalue weighted by molar-refractivity contribution is -0.136. The van der Waals surface area contributed by atoms with Gasteiger partial charge in [0.2, 0.25) is 5.91 Å². The Balaban J connectivity index is 1.32. The van der Waals surface area contributed by atoms with Crippen LogP contribution in [0.1, 0.15) is 38.2 Å². The minimum Gasteiger partial charge on any atom is -0.492 e. The largest absolute Gasteiger partial charge is 0.492 e. The number of benzene rings is 2. The lowest BCUT2D eigenvalue weighted by Crippen LogP contribution is -2.54. The highest BCUT2D eigenvalue weighted by Gasteiger charge is 2.65. The predicted octanol–water partition coefficient (Wildman–Crippen LogP) is 5.41. The number of anilines is 1. The molecule has 1 spiro atoms. The van der Waals surface area contributed by atoms with E-state index in [-0.39, 0.29) is 36.1 Å². The van der Waals surface area contributed by atoms with E-state index >= 15 is 8.78 Å². The van der Waals surface area contributed by atoms with Gasteiger partial charge in [-0.1, -0.05) is 12.1 Å². The summed E-state index contributed by atoms with van der Waals surface area (Å²) in [7, 11) is 0. The Morgan fingerprint density at radius 1 is 1.22 bits per heavy atom. The summed E-state index contributed by atoms with van der Waals surface area (Å²) in [5, 5.41) is 9.28. The number of hydrogen-bond donors (Lipinski definition) is 0. The Morgan fingerprint density at radius 2 is 2.06 bits per heavy atom. The van der Waals surface area contributed by atoms with Crippen LogP contribution in [0, 0.1) is 34.5 Å². The minimum atomic E-state index is -2.81. The van der Waals surface area contributed by atoms with Crippen LogP contribution in [-0.4, -0.2) is 34.5 Å². The van der Waals surface area contributed by atoms with Crippen LogP contribution < -0.4 is 9.64 Å². The van der Waals surface area contributed by atoms with Crippen molar-refractivity contribution in [1.82, 2.24) is 9.55 Å². The van der Waals surface area contributed by atoms with Crippen molar-refractivity contribution in [2.75, 3.05) is 18.1 Å². The Kier molecular flexibility index (Phi) is 5.29. The summed E-state index contributed by atoms with van der Waals surface area (Å²) in [5.41, 5.74) is 2.24. The SMILES string of the molecule is CCOc1ccccc1N1CC2(CCC(F)(F)C(Cn3cnc4ccc(C#N)cc43)C2)C2CC2C1=O. The molecule has 1 saturated heterocycles. The number of alkyl halides is 2. The smallest absolute Gasteiger partial charge is 0.252 e. The summed E-state index contributed by atoms with van der Waals surface area (Å²) in [6, 6.07) is 14.8. The van der Waals surface area contributed by atoms with E-state index in [2.05, 4.69) is 11.1 Å². The maximum atomic E-state index is 15.4. The van der Waals surface area contributed by atoms with Crippen LogP contribution in [0.3, 0.4) is 0 Å². The quantitative estimate of drug-likeness (QED) is 0.479. The highest BCUT2D eigenvalue weighted by Crippen LogP contribution is 2.64. The van der Waals surface area contributed by atoms with E-state index in [4.69, 9.17) is 4.74 Å². The van der Waals surface area contributed by atoms with Gasteiger partial charge in [-0.15, -0.1) is 0 Å². The van der Waals surface area contributed by atoms with Crippen molar-refractivity contribution in [3.05, 3.63) is 54.4 Å². The standard InChI is InChI=1S/C28H28F2N4O2/c1-2-36-25-6-4-3-5-23(25)34-16-27(21-12-20(21)26(34)35)9-10-28(29,30)19(13-27)15-33-17-32-22-8-7-18(14-31)11-24(22)33/h3-8,11,17,19-21H,2,9-10,12-13,15-16H2,1H3. The van der Waals surface area contributed by atoms with Crippen LogP contribution in [0.15, 0.2) is 48.8 Å². The Bertz CT molecular complexity index is 1380. The number of carbonyl (C=O) groups is 1. The first-order valence-corrected chi connectivity index (χ1v) is 12.6. The van der Waals surface area contributed by atoms with Crippen molar-refractivity contribution >= 4 is 22.6 Å². The fraction of sp³-hybridized carbons (Fsp3) is 0.464. The number of halogens is 2. The van der Waals surface area contributed by atoms with E-state index in [1.54, 1.807) is 34.0 Å². The summed E-state index contributed by atoms with van der Waals surface area (Å²) in [6.45, 7) is 2.95. The molecule has 3 aromatic rings.